The quantitative estimate of drug-likeness (QED) is 0.502. The van der Waals surface area contributed by atoms with E-state index in [1.54, 1.807) is 24.3 Å². The van der Waals surface area contributed by atoms with Gasteiger partial charge in [0.1, 0.15) is 10.6 Å². The number of amides is 1. The van der Waals surface area contributed by atoms with Gasteiger partial charge >= 0.3 is 0 Å². The molecule has 2 N–H and O–H groups in total. The fourth-order valence-corrected chi connectivity index (χ4v) is 4.38. The molecule has 0 aliphatic heterocycles. The zero-order chi connectivity index (χ0) is 21.7. The predicted octanol–water partition coefficient (Wildman–Crippen LogP) is 4.75. The highest BCUT2D eigenvalue weighted by molar-refractivity contribution is 9.10. The minimum absolute atomic E-state index is 0.118. The Labute approximate surface area is 184 Å². The minimum Gasteiger partial charge on any atom is -0.495 e. The maximum absolute atomic E-state index is 13.0. The van der Waals surface area contributed by atoms with Gasteiger partial charge in [-0.1, -0.05) is 46.3 Å². The van der Waals surface area contributed by atoms with E-state index in [1.807, 2.05) is 37.3 Å². The number of halogens is 1. The third kappa shape index (κ3) is 5.20. The Kier molecular flexibility index (Phi) is 6.79. The Bertz CT molecular complexity index is 1130. The molecule has 0 aromatic heterocycles. The van der Waals surface area contributed by atoms with Crippen molar-refractivity contribution in [2.24, 2.45) is 0 Å². The van der Waals surface area contributed by atoms with Crippen molar-refractivity contribution in [1.29, 1.82) is 0 Å². The van der Waals surface area contributed by atoms with Gasteiger partial charge < -0.3 is 10.1 Å². The third-order valence-electron chi connectivity index (χ3n) is 4.46. The van der Waals surface area contributed by atoms with Gasteiger partial charge in [-0.25, -0.2) is 8.42 Å². The van der Waals surface area contributed by atoms with E-state index in [9.17, 15) is 13.2 Å². The number of benzene rings is 3. The Morgan fingerprint density at radius 3 is 2.30 bits per heavy atom. The molecule has 0 aliphatic rings. The number of rotatable bonds is 7. The van der Waals surface area contributed by atoms with E-state index in [4.69, 9.17) is 4.74 Å². The molecule has 0 saturated carbocycles. The van der Waals surface area contributed by atoms with Crippen LogP contribution in [0.15, 0.2) is 82.2 Å². The zero-order valence-electron chi connectivity index (χ0n) is 16.4. The lowest BCUT2D eigenvalue weighted by Gasteiger charge is -2.16. The summed E-state index contributed by atoms with van der Waals surface area (Å²) in [4.78, 5) is 12.6. The average molecular weight is 489 g/mol. The van der Waals surface area contributed by atoms with Crippen molar-refractivity contribution >= 4 is 37.5 Å². The summed E-state index contributed by atoms with van der Waals surface area (Å²) in [5, 5.41) is 2.88. The fourth-order valence-electron chi connectivity index (χ4n) is 2.86. The molecule has 0 radical (unpaired) electrons. The van der Waals surface area contributed by atoms with Crippen molar-refractivity contribution in [3.05, 3.63) is 88.4 Å². The first kappa shape index (κ1) is 21.9. The SMILES string of the molecule is COc1ccc(C(=O)NC(C)c2ccccc2)cc1S(=O)(=O)Nc1ccc(Br)cc1. The van der Waals surface area contributed by atoms with E-state index in [-0.39, 0.29) is 28.2 Å². The molecule has 1 unspecified atom stereocenters. The van der Waals surface area contributed by atoms with Gasteiger partial charge in [-0.05, 0) is 55.0 Å². The van der Waals surface area contributed by atoms with Crippen LogP contribution in [0.25, 0.3) is 0 Å². The van der Waals surface area contributed by atoms with E-state index in [0.717, 1.165) is 10.0 Å². The molecule has 0 heterocycles. The van der Waals surface area contributed by atoms with Crippen LogP contribution in [0.5, 0.6) is 5.75 Å². The molecule has 3 rings (SSSR count). The highest BCUT2D eigenvalue weighted by atomic mass is 79.9. The van der Waals surface area contributed by atoms with Crippen molar-refractivity contribution in [2.45, 2.75) is 17.9 Å². The Morgan fingerprint density at radius 1 is 1.00 bits per heavy atom. The molecule has 30 heavy (non-hydrogen) atoms. The summed E-state index contributed by atoms with van der Waals surface area (Å²) < 4.78 is 34.5. The van der Waals surface area contributed by atoms with E-state index >= 15 is 0 Å². The van der Waals surface area contributed by atoms with Crippen molar-refractivity contribution in [2.75, 3.05) is 11.8 Å². The molecule has 1 amide bonds. The van der Waals surface area contributed by atoms with E-state index in [2.05, 4.69) is 26.0 Å². The van der Waals surface area contributed by atoms with Crippen LogP contribution in [0.3, 0.4) is 0 Å². The summed E-state index contributed by atoms with van der Waals surface area (Å²) >= 11 is 3.31. The maximum atomic E-state index is 13.0. The molecule has 0 saturated heterocycles. The first-order chi connectivity index (χ1) is 14.3. The Hall–Kier alpha value is -2.84. The van der Waals surface area contributed by atoms with Crippen LogP contribution in [0.4, 0.5) is 5.69 Å². The van der Waals surface area contributed by atoms with Crippen LogP contribution in [0.2, 0.25) is 0 Å². The highest BCUT2D eigenvalue weighted by Crippen LogP contribution is 2.28. The summed E-state index contributed by atoms with van der Waals surface area (Å²) in [6.45, 7) is 1.86. The molecular weight excluding hydrogens is 468 g/mol. The summed E-state index contributed by atoms with van der Waals surface area (Å²) in [5.41, 5.74) is 1.56. The van der Waals surface area contributed by atoms with Crippen molar-refractivity contribution < 1.29 is 17.9 Å². The van der Waals surface area contributed by atoms with Crippen LogP contribution in [-0.4, -0.2) is 21.4 Å². The average Bonchev–Trinajstić information content (AvgIpc) is 2.75. The van der Waals surface area contributed by atoms with E-state index in [0.29, 0.717) is 5.69 Å². The molecule has 0 aliphatic carbocycles. The van der Waals surface area contributed by atoms with Crippen LogP contribution < -0.4 is 14.8 Å². The number of methoxy groups -OCH3 is 1. The lowest BCUT2D eigenvalue weighted by molar-refractivity contribution is 0.0939. The number of hydrogen-bond donors (Lipinski definition) is 2. The Balaban J connectivity index is 1.87. The number of carbonyl (C=O) groups is 1. The summed E-state index contributed by atoms with van der Waals surface area (Å²) in [5.74, 6) is -0.235. The number of nitrogens with one attached hydrogen (secondary N) is 2. The number of ether oxygens (including phenoxy) is 1. The molecule has 156 valence electrons. The maximum Gasteiger partial charge on any atom is 0.265 e. The van der Waals surface area contributed by atoms with Gasteiger partial charge in [0.05, 0.1) is 13.2 Å². The van der Waals surface area contributed by atoms with Gasteiger partial charge in [-0.2, -0.15) is 0 Å². The summed E-state index contributed by atoms with van der Waals surface area (Å²) in [7, 11) is -2.60. The predicted molar refractivity (Wildman–Crippen MR) is 120 cm³/mol. The monoisotopic (exact) mass is 488 g/mol. The molecule has 0 bridgehead atoms. The summed E-state index contributed by atoms with van der Waals surface area (Å²) in [6.07, 6.45) is 0. The minimum atomic E-state index is -3.98. The largest absolute Gasteiger partial charge is 0.495 e. The molecule has 8 heteroatoms. The van der Waals surface area contributed by atoms with Gasteiger partial charge in [-0.15, -0.1) is 0 Å². The van der Waals surface area contributed by atoms with Gasteiger partial charge in [0.15, 0.2) is 0 Å². The van der Waals surface area contributed by atoms with Crippen molar-refractivity contribution in [3.8, 4) is 5.75 Å². The molecule has 0 fully saturated rings. The second-order valence-corrected chi connectivity index (χ2v) is 9.15. The first-order valence-electron chi connectivity index (χ1n) is 9.12. The summed E-state index contributed by atoms with van der Waals surface area (Å²) in [6, 6.07) is 20.3. The van der Waals surface area contributed by atoms with Crippen LogP contribution in [0, 0.1) is 0 Å². The fraction of sp³-hybridized carbons (Fsp3) is 0.136. The number of carbonyl (C=O) groups excluding carboxylic acids is 1. The smallest absolute Gasteiger partial charge is 0.265 e. The zero-order valence-corrected chi connectivity index (χ0v) is 18.8. The lowest BCUT2D eigenvalue weighted by Crippen LogP contribution is -2.27. The molecule has 1 atom stereocenters. The van der Waals surface area contributed by atoms with Crippen LogP contribution in [-0.2, 0) is 10.0 Å². The van der Waals surface area contributed by atoms with Gasteiger partial charge in [0.2, 0.25) is 0 Å². The van der Waals surface area contributed by atoms with E-state index < -0.39 is 10.0 Å². The normalized spacial score (nSPS) is 12.1. The molecule has 3 aromatic carbocycles. The number of anilines is 1. The first-order valence-corrected chi connectivity index (χ1v) is 11.4. The van der Waals surface area contributed by atoms with Crippen molar-refractivity contribution in [1.82, 2.24) is 5.32 Å². The standard InChI is InChI=1S/C22H21BrN2O4S/c1-15(16-6-4-3-5-7-16)24-22(26)17-8-13-20(29-2)21(14-17)30(27,28)25-19-11-9-18(23)10-12-19/h3-15,25H,1-2H3,(H,24,26). The topological polar surface area (TPSA) is 84.5 Å². The van der Waals surface area contributed by atoms with Crippen molar-refractivity contribution in [3.63, 3.8) is 0 Å². The van der Waals surface area contributed by atoms with Crippen LogP contribution >= 0.6 is 15.9 Å². The molecular formula is C22H21BrN2O4S. The Morgan fingerprint density at radius 2 is 1.67 bits per heavy atom. The second-order valence-electron chi connectivity index (χ2n) is 6.58. The lowest BCUT2D eigenvalue weighted by atomic mass is 10.1. The number of hydrogen-bond acceptors (Lipinski definition) is 4. The van der Waals surface area contributed by atoms with Gasteiger partial charge in [0, 0.05) is 15.7 Å². The highest BCUT2D eigenvalue weighted by Gasteiger charge is 2.22. The third-order valence-corrected chi connectivity index (χ3v) is 6.39. The second kappa shape index (κ2) is 9.32. The van der Waals surface area contributed by atoms with Gasteiger partial charge in [-0.3, -0.25) is 9.52 Å². The molecule has 3 aromatic rings. The van der Waals surface area contributed by atoms with Crippen LogP contribution in [0.1, 0.15) is 28.9 Å². The van der Waals surface area contributed by atoms with Gasteiger partial charge in [0.25, 0.3) is 15.9 Å². The number of sulfonamides is 1. The molecule has 6 nitrogen and oxygen atoms in total. The van der Waals surface area contributed by atoms with E-state index in [1.165, 1.54) is 25.3 Å². The molecule has 0 spiro atoms.